The molecule has 1 unspecified atom stereocenters. The number of thioether (sulfide) groups is 1. The van der Waals surface area contributed by atoms with E-state index in [1.165, 1.54) is 11.8 Å². The first kappa shape index (κ1) is 16.1. The zero-order valence-electron chi connectivity index (χ0n) is 12.5. The molecule has 2 saturated heterocycles. The maximum absolute atomic E-state index is 12.3. The normalized spacial score (nSPS) is 23.5. The lowest BCUT2D eigenvalue weighted by Gasteiger charge is -2.39. The highest BCUT2D eigenvalue weighted by Crippen LogP contribution is 2.34. The smallest absolute Gasteiger partial charge is 0.309 e. The van der Waals surface area contributed by atoms with Crippen LogP contribution < -0.4 is 0 Å². The Morgan fingerprint density at radius 3 is 2.71 bits per heavy atom. The van der Waals surface area contributed by atoms with Crippen LogP contribution in [0.1, 0.15) is 26.7 Å². The monoisotopic (exact) mass is 314 g/mol. The summed E-state index contributed by atoms with van der Waals surface area (Å²) in [5, 5.41) is 9.32. The molecule has 21 heavy (non-hydrogen) atoms. The van der Waals surface area contributed by atoms with Gasteiger partial charge in [0.05, 0.1) is 17.0 Å². The van der Waals surface area contributed by atoms with E-state index in [0.29, 0.717) is 24.7 Å². The molecule has 2 aliphatic rings. The molecule has 0 aliphatic carbocycles. The Bertz CT molecular complexity index is 452. The predicted molar refractivity (Wildman–Crippen MR) is 79.8 cm³/mol. The van der Waals surface area contributed by atoms with Gasteiger partial charge in [-0.05, 0) is 32.6 Å². The molecule has 2 aliphatic heterocycles. The SMILES string of the molecule is CC(C)(C(=O)O)C1CCCN(C(=O)CN2CSCC2=O)C1. The zero-order chi connectivity index (χ0) is 15.6. The maximum atomic E-state index is 12.3. The van der Waals surface area contributed by atoms with E-state index in [1.54, 1.807) is 23.6 Å². The molecule has 1 N–H and O–H groups in total. The Morgan fingerprint density at radius 2 is 2.14 bits per heavy atom. The summed E-state index contributed by atoms with van der Waals surface area (Å²) < 4.78 is 0. The quantitative estimate of drug-likeness (QED) is 0.833. The van der Waals surface area contributed by atoms with Crippen LogP contribution in [0, 0.1) is 11.3 Å². The van der Waals surface area contributed by atoms with Crippen LogP contribution in [0.5, 0.6) is 0 Å². The van der Waals surface area contributed by atoms with Crippen molar-refractivity contribution in [3.05, 3.63) is 0 Å². The Balaban J connectivity index is 1.95. The second kappa shape index (κ2) is 6.25. The van der Waals surface area contributed by atoms with Crippen molar-refractivity contribution in [1.82, 2.24) is 9.80 Å². The second-order valence-electron chi connectivity index (χ2n) is 6.27. The van der Waals surface area contributed by atoms with Crippen LogP contribution in [0.25, 0.3) is 0 Å². The molecule has 0 aromatic rings. The maximum Gasteiger partial charge on any atom is 0.309 e. The zero-order valence-corrected chi connectivity index (χ0v) is 13.3. The number of hydrogen-bond acceptors (Lipinski definition) is 4. The van der Waals surface area contributed by atoms with Gasteiger partial charge < -0.3 is 14.9 Å². The molecular formula is C14H22N2O4S. The number of carboxylic acid groups (broad SMARTS) is 1. The van der Waals surface area contributed by atoms with Crippen LogP contribution in [0.3, 0.4) is 0 Å². The molecule has 0 bridgehead atoms. The van der Waals surface area contributed by atoms with Gasteiger partial charge in [0.1, 0.15) is 6.54 Å². The van der Waals surface area contributed by atoms with Gasteiger partial charge in [0.2, 0.25) is 11.8 Å². The van der Waals surface area contributed by atoms with E-state index in [4.69, 9.17) is 0 Å². The van der Waals surface area contributed by atoms with E-state index in [0.717, 1.165) is 12.8 Å². The molecule has 0 aromatic heterocycles. The van der Waals surface area contributed by atoms with Crippen molar-refractivity contribution in [2.75, 3.05) is 31.3 Å². The average molecular weight is 314 g/mol. The lowest BCUT2D eigenvalue weighted by atomic mass is 9.74. The van der Waals surface area contributed by atoms with Crippen molar-refractivity contribution in [2.45, 2.75) is 26.7 Å². The standard InChI is InChI=1S/C14H22N2O4S/c1-14(2,13(19)20)10-4-3-5-15(6-10)11(17)7-16-9-21-8-12(16)18/h10H,3-9H2,1-2H3,(H,19,20). The predicted octanol–water partition coefficient (Wildman–Crippen LogP) is 0.869. The molecule has 0 radical (unpaired) electrons. The van der Waals surface area contributed by atoms with Gasteiger partial charge in [-0.3, -0.25) is 14.4 Å². The van der Waals surface area contributed by atoms with Crippen molar-refractivity contribution < 1.29 is 19.5 Å². The Hall–Kier alpha value is -1.24. The summed E-state index contributed by atoms with van der Waals surface area (Å²) in [4.78, 5) is 38.5. The van der Waals surface area contributed by atoms with Gasteiger partial charge in [0.15, 0.2) is 0 Å². The first-order valence-corrected chi connectivity index (χ1v) is 8.34. The van der Waals surface area contributed by atoms with E-state index in [9.17, 15) is 19.5 Å². The first-order valence-electron chi connectivity index (χ1n) is 7.19. The summed E-state index contributed by atoms with van der Waals surface area (Å²) in [5.41, 5.74) is -0.835. The Labute approximate surface area is 128 Å². The first-order chi connectivity index (χ1) is 9.82. The van der Waals surface area contributed by atoms with Crippen LogP contribution in [0.4, 0.5) is 0 Å². The summed E-state index contributed by atoms with van der Waals surface area (Å²) in [6.07, 6.45) is 1.64. The number of piperidine rings is 1. The number of carbonyl (C=O) groups excluding carboxylic acids is 2. The van der Waals surface area contributed by atoms with Gasteiger partial charge in [0, 0.05) is 13.1 Å². The number of amides is 2. The number of carbonyl (C=O) groups is 3. The molecule has 2 heterocycles. The lowest BCUT2D eigenvalue weighted by Crippen LogP contribution is -2.49. The van der Waals surface area contributed by atoms with E-state index < -0.39 is 11.4 Å². The number of likely N-dealkylation sites (tertiary alicyclic amines) is 1. The third-order valence-corrected chi connectivity index (χ3v) is 5.44. The van der Waals surface area contributed by atoms with Gasteiger partial charge >= 0.3 is 5.97 Å². The minimum absolute atomic E-state index is 0.00720. The number of carboxylic acids is 1. The number of nitrogens with zero attached hydrogens (tertiary/aromatic N) is 2. The van der Waals surface area contributed by atoms with Crippen LogP contribution >= 0.6 is 11.8 Å². The molecule has 0 spiro atoms. The largest absolute Gasteiger partial charge is 0.481 e. The molecule has 0 aromatic carbocycles. The fourth-order valence-electron chi connectivity index (χ4n) is 2.77. The van der Waals surface area contributed by atoms with Crippen molar-refractivity contribution >= 4 is 29.5 Å². The van der Waals surface area contributed by atoms with E-state index in [2.05, 4.69) is 0 Å². The second-order valence-corrected chi connectivity index (χ2v) is 7.23. The number of hydrogen-bond donors (Lipinski definition) is 1. The van der Waals surface area contributed by atoms with Gasteiger partial charge in [-0.2, -0.15) is 0 Å². The highest BCUT2D eigenvalue weighted by molar-refractivity contribution is 8.00. The summed E-state index contributed by atoms with van der Waals surface area (Å²) in [6, 6.07) is 0. The Kier molecular flexibility index (Phi) is 4.81. The van der Waals surface area contributed by atoms with Gasteiger partial charge in [-0.1, -0.05) is 0 Å². The minimum Gasteiger partial charge on any atom is -0.481 e. The summed E-state index contributed by atoms with van der Waals surface area (Å²) in [5.74, 6) is 0.0820. The summed E-state index contributed by atoms with van der Waals surface area (Å²) >= 11 is 1.52. The molecule has 2 rings (SSSR count). The van der Waals surface area contributed by atoms with Crippen LogP contribution in [-0.4, -0.2) is 64.0 Å². The molecule has 2 amide bonds. The van der Waals surface area contributed by atoms with Gasteiger partial charge in [-0.25, -0.2) is 0 Å². The number of aliphatic carboxylic acids is 1. The highest BCUT2D eigenvalue weighted by Gasteiger charge is 2.40. The van der Waals surface area contributed by atoms with Gasteiger partial charge in [0.25, 0.3) is 0 Å². The molecule has 118 valence electrons. The topological polar surface area (TPSA) is 77.9 Å². The molecule has 0 saturated carbocycles. The fraction of sp³-hybridized carbons (Fsp3) is 0.786. The molecule has 1 atom stereocenters. The van der Waals surface area contributed by atoms with Crippen molar-refractivity contribution in [3.63, 3.8) is 0 Å². The van der Waals surface area contributed by atoms with Gasteiger partial charge in [-0.15, -0.1) is 11.8 Å². The van der Waals surface area contributed by atoms with E-state index in [1.807, 2.05) is 0 Å². The summed E-state index contributed by atoms with van der Waals surface area (Å²) in [7, 11) is 0. The molecule has 7 heteroatoms. The average Bonchev–Trinajstić information content (AvgIpc) is 2.84. The number of rotatable bonds is 4. The van der Waals surface area contributed by atoms with Crippen molar-refractivity contribution in [3.8, 4) is 0 Å². The lowest BCUT2D eigenvalue weighted by molar-refractivity contribution is -0.153. The molecule has 2 fully saturated rings. The third-order valence-electron chi connectivity index (χ3n) is 4.50. The van der Waals surface area contributed by atoms with Crippen LogP contribution in [-0.2, 0) is 14.4 Å². The van der Waals surface area contributed by atoms with Crippen LogP contribution in [0.15, 0.2) is 0 Å². The van der Waals surface area contributed by atoms with E-state index >= 15 is 0 Å². The third kappa shape index (κ3) is 3.51. The highest BCUT2D eigenvalue weighted by atomic mass is 32.2. The minimum atomic E-state index is -0.835. The van der Waals surface area contributed by atoms with E-state index in [-0.39, 0.29) is 24.3 Å². The fourth-order valence-corrected chi connectivity index (χ4v) is 3.68. The van der Waals surface area contributed by atoms with Crippen molar-refractivity contribution in [2.24, 2.45) is 11.3 Å². The molecule has 6 nitrogen and oxygen atoms in total. The van der Waals surface area contributed by atoms with Crippen molar-refractivity contribution in [1.29, 1.82) is 0 Å². The summed E-state index contributed by atoms with van der Waals surface area (Å²) in [6.45, 7) is 4.67. The molecular weight excluding hydrogens is 292 g/mol. The van der Waals surface area contributed by atoms with Crippen LogP contribution in [0.2, 0.25) is 0 Å². The Morgan fingerprint density at radius 1 is 1.43 bits per heavy atom.